The molecule has 2 aromatic carbocycles. The van der Waals surface area contributed by atoms with Crippen LogP contribution >= 0.6 is 15.9 Å². The van der Waals surface area contributed by atoms with Gasteiger partial charge < -0.3 is 4.74 Å². The van der Waals surface area contributed by atoms with Gasteiger partial charge >= 0.3 is 6.09 Å². The van der Waals surface area contributed by atoms with Crippen LogP contribution in [0.25, 0.3) is 10.9 Å². The second-order valence-corrected chi connectivity index (χ2v) is 8.54. The van der Waals surface area contributed by atoms with Crippen molar-refractivity contribution in [1.29, 1.82) is 0 Å². The van der Waals surface area contributed by atoms with Crippen molar-refractivity contribution in [2.75, 3.05) is 31.6 Å². The maximum Gasteiger partial charge on any atom is 0.411 e. The van der Waals surface area contributed by atoms with E-state index in [-0.39, 0.29) is 11.7 Å². The number of carbonyl (C=O) groups is 2. The molecule has 0 atom stereocenters. The number of amides is 1. The summed E-state index contributed by atoms with van der Waals surface area (Å²) in [5.41, 5.74) is 2.27. The number of ether oxygens (including phenoxy) is 1. The van der Waals surface area contributed by atoms with E-state index in [0.29, 0.717) is 18.8 Å². The minimum absolute atomic E-state index is 0.0570. The summed E-state index contributed by atoms with van der Waals surface area (Å²) in [4.78, 5) is 31.4. The van der Waals surface area contributed by atoms with Gasteiger partial charge in [0.25, 0.3) is 0 Å². The molecule has 1 saturated heterocycles. The first-order valence-corrected chi connectivity index (χ1v) is 11.2. The SMILES string of the molecule is O=C(Nc1cccc2ncccc12)OCCN1CCC(C(=O)c2ccc(Br)cc2)CC1. The Morgan fingerprint density at radius 1 is 1.06 bits per heavy atom. The van der Waals surface area contributed by atoms with Gasteiger partial charge in [0.05, 0.1) is 11.2 Å². The molecule has 2 heterocycles. The molecule has 31 heavy (non-hydrogen) atoms. The molecule has 1 amide bonds. The van der Waals surface area contributed by atoms with E-state index < -0.39 is 6.09 Å². The molecule has 1 fully saturated rings. The van der Waals surface area contributed by atoms with Crippen molar-refractivity contribution in [1.82, 2.24) is 9.88 Å². The van der Waals surface area contributed by atoms with Crippen molar-refractivity contribution >= 4 is 44.4 Å². The number of carbonyl (C=O) groups excluding carboxylic acids is 2. The van der Waals surface area contributed by atoms with Gasteiger partial charge in [0.15, 0.2) is 5.78 Å². The van der Waals surface area contributed by atoms with Crippen LogP contribution in [0.3, 0.4) is 0 Å². The standard InChI is InChI=1S/C24H24BrN3O3/c25-19-8-6-17(7-9-19)23(29)18-10-13-28(14-11-18)15-16-31-24(30)27-22-5-1-4-21-20(22)3-2-12-26-21/h1-9,12,18H,10-11,13-16H2,(H,27,30). The molecule has 7 heteroatoms. The molecule has 160 valence electrons. The molecule has 0 unspecified atom stereocenters. The van der Waals surface area contributed by atoms with E-state index in [9.17, 15) is 9.59 Å². The minimum Gasteiger partial charge on any atom is -0.448 e. The maximum atomic E-state index is 12.7. The molecular formula is C24H24BrN3O3. The second-order valence-electron chi connectivity index (χ2n) is 7.62. The summed E-state index contributed by atoms with van der Waals surface area (Å²) in [5.74, 6) is 0.272. The van der Waals surface area contributed by atoms with Crippen LogP contribution in [0.15, 0.2) is 65.3 Å². The van der Waals surface area contributed by atoms with Gasteiger partial charge in [-0.15, -0.1) is 0 Å². The fourth-order valence-electron chi connectivity index (χ4n) is 3.89. The number of nitrogens with zero attached hydrogens (tertiary/aromatic N) is 2. The first-order chi connectivity index (χ1) is 15.1. The van der Waals surface area contributed by atoms with E-state index in [1.807, 2.05) is 54.6 Å². The van der Waals surface area contributed by atoms with E-state index in [1.165, 1.54) is 0 Å². The Kier molecular flexibility index (Phi) is 6.94. The number of anilines is 1. The lowest BCUT2D eigenvalue weighted by Crippen LogP contribution is -2.38. The number of halogens is 1. The highest BCUT2D eigenvalue weighted by molar-refractivity contribution is 9.10. The zero-order chi connectivity index (χ0) is 21.6. The largest absolute Gasteiger partial charge is 0.448 e. The summed E-state index contributed by atoms with van der Waals surface area (Å²) in [6, 6.07) is 16.9. The number of piperidine rings is 1. The van der Waals surface area contributed by atoms with E-state index in [4.69, 9.17) is 4.74 Å². The van der Waals surface area contributed by atoms with Crippen LogP contribution < -0.4 is 5.32 Å². The number of ketones is 1. The van der Waals surface area contributed by atoms with Crippen LogP contribution in [0.1, 0.15) is 23.2 Å². The molecule has 1 N–H and O–H groups in total. The number of Topliss-reactive ketones (excluding diaryl/α,β-unsaturated/α-hetero) is 1. The molecule has 0 radical (unpaired) electrons. The van der Waals surface area contributed by atoms with Gasteiger partial charge in [-0.25, -0.2) is 4.79 Å². The average Bonchev–Trinajstić information content (AvgIpc) is 2.80. The summed E-state index contributed by atoms with van der Waals surface area (Å²) in [5, 5.41) is 3.67. The Morgan fingerprint density at radius 2 is 1.84 bits per heavy atom. The molecule has 0 saturated carbocycles. The van der Waals surface area contributed by atoms with Gasteiger partial charge in [0, 0.05) is 34.1 Å². The Balaban J connectivity index is 1.21. The molecule has 0 spiro atoms. The predicted octanol–water partition coefficient (Wildman–Crippen LogP) is 5.14. The van der Waals surface area contributed by atoms with Gasteiger partial charge in [0.2, 0.25) is 0 Å². The number of nitrogens with one attached hydrogen (secondary N) is 1. The lowest BCUT2D eigenvalue weighted by Gasteiger charge is -2.31. The number of pyridine rings is 1. The van der Waals surface area contributed by atoms with Gasteiger partial charge in [-0.3, -0.25) is 20.0 Å². The summed E-state index contributed by atoms with van der Waals surface area (Å²) in [7, 11) is 0. The van der Waals surface area contributed by atoms with Crippen molar-refractivity contribution in [3.63, 3.8) is 0 Å². The Labute approximate surface area is 189 Å². The second kappa shape index (κ2) is 10.0. The lowest BCUT2D eigenvalue weighted by molar-refractivity contribution is 0.0813. The van der Waals surface area contributed by atoms with Gasteiger partial charge in [-0.05, 0) is 62.3 Å². The van der Waals surface area contributed by atoms with Crippen LogP contribution in [-0.4, -0.2) is 48.0 Å². The molecule has 6 nitrogen and oxygen atoms in total. The highest BCUT2D eigenvalue weighted by Crippen LogP contribution is 2.23. The molecule has 3 aromatic rings. The van der Waals surface area contributed by atoms with E-state index in [1.54, 1.807) is 6.20 Å². The summed E-state index contributed by atoms with van der Waals surface area (Å²) in [6.45, 7) is 2.61. The fourth-order valence-corrected chi connectivity index (χ4v) is 4.16. The van der Waals surface area contributed by atoms with Crippen molar-refractivity contribution in [2.24, 2.45) is 5.92 Å². The number of fused-ring (bicyclic) bond motifs is 1. The Hall–Kier alpha value is -2.77. The zero-order valence-electron chi connectivity index (χ0n) is 17.1. The number of rotatable bonds is 6. The van der Waals surface area contributed by atoms with Crippen LogP contribution in [0.4, 0.5) is 10.5 Å². The Bertz CT molecular complexity index is 1060. The van der Waals surface area contributed by atoms with E-state index >= 15 is 0 Å². The summed E-state index contributed by atoms with van der Waals surface area (Å²) >= 11 is 3.40. The van der Waals surface area contributed by atoms with Crippen molar-refractivity contribution in [2.45, 2.75) is 12.8 Å². The number of hydrogen-bond acceptors (Lipinski definition) is 5. The van der Waals surface area contributed by atoms with Crippen molar-refractivity contribution in [3.8, 4) is 0 Å². The third kappa shape index (κ3) is 5.48. The number of hydrogen-bond donors (Lipinski definition) is 1. The highest BCUT2D eigenvalue weighted by Gasteiger charge is 2.25. The highest BCUT2D eigenvalue weighted by atomic mass is 79.9. The molecule has 0 aliphatic carbocycles. The fraction of sp³-hybridized carbons (Fsp3) is 0.292. The van der Waals surface area contributed by atoms with Crippen molar-refractivity contribution in [3.05, 3.63) is 70.8 Å². The molecule has 4 rings (SSSR count). The first-order valence-electron chi connectivity index (χ1n) is 10.4. The first kappa shape index (κ1) is 21.5. The molecule has 0 bridgehead atoms. The number of likely N-dealkylation sites (tertiary alicyclic amines) is 1. The number of aromatic nitrogens is 1. The third-order valence-electron chi connectivity index (χ3n) is 5.61. The average molecular weight is 482 g/mol. The van der Waals surface area contributed by atoms with Crippen molar-refractivity contribution < 1.29 is 14.3 Å². The summed E-state index contributed by atoms with van der Waals surface area (Å²) < 4.78 is 6.34. The van der Waals surface area contributed by atoms with E-state index in [2.05, 4.69) is 31.1 Å². The normalized spacial score (nSPS) is 15.0. The summed E-state index contributed by atoms with van der Waals surface area (Å²) in [6.07, 6.45) is 2.89. The van der Waals surface area contributed by atoms with E-state index in [0.717, 1.165) is 46.9 Å². The quantitative estimate of drug-likeness (QED) is 0.493. The maximum absolute atomic E-state index is 12.7. The topological polar surface area (TPSA) is 71.5 Å². The molecule has 1 aliphatic rings. The van der Waals surface area contributed by atoms with Gasteiger partial charge in [-0.1, -0.05) is 34.1 Å². The zero-order valence-corrected chi connectivity index (χ0v) is 18.7. The lowest BCUT2D eigenvalue weighted by atomic mass is 9.89. The molecular weight excluding hydrogens is 458 g/mol. The molecule has 1 aromatic heterocycles. The van der Waals surface area contributed by atoms with Crippen LogP contribution in [0.2, 0.25) is 0 Å². The van der Waals surface area contributed by atoms with Crippen LogP contribution in [0.5, 0.6) is 0 Å². The number of benzene rings is 2. The monoisotopic (exact) mass is 481 g/mol. The predicted molar refractivity (Wildman–Crippen MR) is 124 cm³/mol. The Morgan fingerprint density at radius 3 is 2.61 bits per heavy atom. The third-order valence-corrected chi connectivity index (χ3v) is 6.14. The molecule has 1 aliphatic heterocycles. The van der Waals surface area contributed by atoms with Gasteiger partial charge in [0.1, 0.15) is 6.61 Å². The smallest absolute Gasteiger partial charge is 0.411 e. The van der Waals surface area contributed by atoms with Crippen LogP contribution in [-0.2, 0) is 4.74 Å². The van der Waals surface area contributed by atoms with Gasteiger partial charge in [-0.2, -0.15) is 0 Å². The van der Waals surface area contributed by atoms with Crippen LogP contribution in [0, 0.1) is 5.92 Å². The minimum atomic E-state index is -0.475.